The van der Waals surface area contributed by atoms with Crippen molar-refractivity contribution >= 4 is 17.5 Å². The molecule has 0 bridgehead atoms. The second kappa shape index (κ2) is 7.15. The van der Waals surface area contributed by atoms with Crippen LogP contribution in [0.2, 0.25) is 0 Å². The number of nitrogens with zero attached hydrogens (tertiary/aromatic N) is 2. The van der Waals surface area contributed by atoms with E-state index >= 15 is 0 Å². The number of likely N-dealkylation sites (N-methyl/N-ethyl adjacent to an activating group) is 1. The lowest BCUT2D eigenvalue weighted by Gasteiger charge is -2.29. The van der Waals surface area contributed by atoms with E-state index in [4.69, 9.17) is 4.74 Å². The summed E-state index contributed by atoms with van der Waals surface area (Å²) in [5, 5.41) is 2.82. The number of hydrogen-bond donors (Lipinski definition) is 1. The molecule has 1 N–H and O–H groups in total. The standard InChI is InChI=1S/C20H23N3O3/c1-12-7-13(2)21-14(8-12)11-23(3)20(25)17-10-19(24)22-18-6-5-15(26-4)9-16(17)18/h5-9,17H,10-11H2,1-4H3,(H,22,24)/t17-/m0/s1. The molecule has 1 aromatic heterocycles. The SMILES string of the molecule is COc1ccc2c(c1)[C@@H](C(=O)N(C)Cc1cc(C)cc(C)n1)CC(=O)N2. The minimum absolute atomic E-state index is 0.102. The molecule has 3 rings (SSSR count). The van der Waals surface area contributed by atoms with Crippen molar-refractivity contribution in [2.45, 2.75) is 32.7 Å². The Bertz CT molecular complexity index is 843. The Morgan fingerprint density at radius 2 is 2.08 bits per heavy atom. The highest BCUT2D eigenvalue weighted by molar-refractivity contribution is 6.01. The van der Waals surface area contributed by atoms with E-state index < -0.39 is 5.92 Å². The number of anilines is 1. The number of rotatable bonds is 4. The second-order valence-electron chi connectivity index (χ2n) is 6.73. The van der Waals surface area contributed by atoms with Crippen molar-refractivity contribution < 1.29 is 14.3 Å². The fraction of sp³-hybridized carbons (Fsp3) is 0.350. The Balaban J connectivity index is 1.86. The van der Waals surface area contributed by atoms with Crippen molar-refractivity contribution in [2.75, 3.05) is 19.5 Å². The van der Waals surface area contributed by atoms with Gasteiger partial charge in [-0.15, -0.1) is 0 Å². The summed E-state index contributed by atoms with van der Waals surface area (Å²) in [6.45, 7) is 4.35. The van der Waals surface area contributed by atoms with Crippen LogP contribution in [-0.4, -0.2) is 35.9 Å². The smallest absolute Gasteiger partial charge is 0.230 e. The first-order chi connectivity index (χ1) is 12.4. The maximum Gasteiger partial charge on any atom is 0.230 e. The van der Waals surface area contributed by atoms with Crippen molar-refractivity contribution in [3.8, 4) is 5.75 Å². The van der Waals surface area contributed by atoms with Crippen LogP contribution in [-0.2, 0) is 16.1 Å². The third-order valence-corrected chi connectivity index (χ3v) is 4.52. The van der Waals surface area contributed by atoms with Crippen LogP contribution in [0, 0.1) is 13.8 Å². The van der Waals surface area contributed by atoms with E-state index in [1.165, 1.54) is 0 Å². The van der Waals surface area contributed by atoms with Gasteiger partial charge in [0.25, 0.3) is 0 Å². The van der Waals surface area contributed by atoms with Crippen molar-refractivity contribution in [1.29, 1.82) is 0 Å². The van der Waals surface area contributed by atoms with E-state index in [1.54, 1.807) is 31.2 Å². The highest BCUT2D eigenvalue weighted by Crippen LogP contribution is 2.36. The Labute approximate surface area is 153 Å². The predicted molar refractivity (Wildman–Crippen MR) is 99.2 cm³/mol. The molecule has 1 aliphatic heterocycles. The predicted octanol–water partition coefficient (Wildman–Crippen LogP) is 2.79. The zero-order chi connectivity index (χ0) is 18.8. The second-order valence-corrected chi connectivity index (χ2v) is 6.73. The normalized spacial score (nSPS) is 15.8. The number of aromatic nitrogens is 1. The van der Waals surface area contributed by atoms with E-state index in [9.17, 15) is 9.59 Å². The van der Waals surface area contributed by atoms with E-state index in [0.717, 1.165) is 22.5 Å². The van der Waals surface area contributed by atoms with E-state index in [1.807, 2.05) is 32.0 Å². The van der Waals surface area contributed by atoms with Gasteiger partial charge in [-0.3, -0.25) is 14.6 Å². The number of ether oxygens (including phenoxy) is 1. The zero-order valence-corrected chi connectivity index (χ0v) is 15.5. The van der Waals surface area contributed by atoms with Gasteiger partial charge in [0.05, 0.1) is 25.3 Å². The molecule has 2 heterocycles. The molecule has 6 nitrogen and oxygen atoms in total. The molecule has 6 heteroatoms. The van der Waals surface area contributed by atoms with Gasteiger partial charge in [0, 0.05) is 24.8 Å². The number of benzene rings is 1. The summed E-state index contributed by atoms with van der Waals surface area (Å²) in [6.07, 6.45) is 0.129. The Hall–Kier alpha value is -2.89. The number of carbonyl (C=O) groups is 2. The maximum atomic E-state index is 13.1. The minimum Gasteiger partial charge on any atom is -0.497 e. The van der Waals surface area contributed by atoms with Crippen molar-refractivity contribution in [2.24, 2.45) is 0 Å². The topological polar surface area (TPSA) is 71.5 Å². The van der Waals surface area contributed by atoms with Crippen LogP contribution in [0.25, 0.3) is 0 Å². The van der Waals surface area contributed by atoms with Gasteiger partial charge in [-0.05, 0) is 55.3 Å². The summed E-state index contributed by atoms with van der Waals surface area (Å²) in [7, 11) is 3.33. The number of aryl methyl sites for hydroxylation is 2. The summed E-state index contributed by atoms with van der Waals surface area (Å²) in [4.78, 5) is 31.2. The number of fused-ring (bicyclic) bond motifs is 1. The maximum absolute atomic E-state index is 13.1. The fourth-order valence-corrected chi connectivity index (χ4v) is 3.38. The van der Waals surface area contributed by atoms with Gasteiger partial charge in [0.2, 0.25) is 11.8 Å². The monoisotopic (exact) mass is 353 g/mol. The molecule has 1 aliphatic rings. The lowest BCUT2D eigenvalue weighted by Crippen LogP contribution is -2.36. The first kappa shape index (κ1) is 17.9. The van der Waals surface area contributed by atoms with Gasteiger partial charge >= 0.3 is 0 Å². The number of methoxy groups -OCH3 is 1. The third kappa shape index (κ3) is 3.69. The molecule has 0 fully saturated rings. The molecule has 0 radical (unpaired) electrons. The lowest BCUT2D eigenvalue weighted by atomic mass is 9.89. The van der Waals surface area contributed by atoms with E-state index in [-0.39, 0.29) is 18.2 Å². The Morgan fingerprint density at radius 1 is 1.31 bits per heavy atom. The molecule has 2 amide bonds. The average molecular weight is 353 g/mol. The summed E-state index contributed by atoms with van der Waals surface area (Å²) < 4.78 is 5.27. The highest BCUT2D eigenvalue weighted by Gasteiger charge is 2.33. The molecule has 26 heavy (non-hydrogen) atoms. The van der Waals surface area contributed by atoms with Crippen LogP contribution < -0.4 is 10.1 Å². The van der Waals surface area contributed by atoms with Crippen molar-refractivity contribution in [1.82, 2.24) is 9.88 Å². The van der Waals surface area contributed by atoms with E-state index in [2.05, 4.69) is 10.3 Å². The number of nitrogens with one attached hydrogen (secondary N) is 1. The molecule has 0 spiro atoms. The number of pyridine rings is 1. The van der Waals surface area contributed by atoms with Gasteiger partial charge in [-0.2, -0.15) is 0 Å². The van der Waals surface area contributed by atoms with Crippen LogP contribution in [0.5, 0.6) is 5.75 Å². The van der Waals surface area contributed by atoms with Gasteiger partial charge in [-0.1, -0.05) is 0 Å². The van der Waals surface area contributed by atoms with Gasteiger partial charge in [-0.25, -0.2) is 0 Å². The average Bonchev–Trinajstić information content (AvgIpc) is 2.59. The Kier molecular flexibility index (Phi) is 4.93. The third-order valence-electron chi connectivity index (χ3n) is 4.52. The largest absolute Gasteiger partial charge is 0.497 e. The van der Waals surface area contributed by atoms with Crippen molar-refractivity contribution in [3.63, 3.8) is 0 Å². The van der Waals surface area contributed by atoms with Crippen LogP contribution in [0.3, 0.4) is 0 Å². The molecule has 0 saturated heterocycles. The molecule has 2 aromatic rings. The van der Waals surface area contributed by atoms with Crippen LogP contribution in [0.1, 0.15) is 34.9 Å². The fourth-order valence-electron chi connectivity index (χ4n) is 3.38. The molecule has 0 unspecified atom stereocenters. The lowest BCUT2D eigenvalue weighted by molar-refractivity contribution is -0.134. The summed E-state index contributed by atoms with van der Waals surface area (Å²) in [5.41, 5.74) is 4.32. The molecule has 1 atom stereocenters. The Morgan fingerprint density at radius 3 is 2.77 bits per heavy atom. The first-order valence-electron chi connectivity index (χ1n) is 8.54. The molecule has 0 aliphatic carbocycles. The first-order valence-corrected chi connectivity index (χ1v) is 8.54. The van der Waals surface area contributed by atoms with Gasteiger partial charge < -0.3 is 15.0 Å². The summed E-state index contributed by atoms with van der Waals surface area (Å²) in [5.74, 6) is -0.115. The minimum atomic E-state index is -0.523. The number of carbonyl (C=O) groups excluding carboxylic acids is 2. The van der Waals surface area contributed by atoms with Crippen LogP contribution in [0.4, 0.5) is 5.69 Å². The molecule has 1 aromatic carbocycles. The zero-order valence-electron chi connectivity index (χ0n) is 15.5. The van der Waals surface area contributed by atoms with Gasteiger partial charge in [0.1, 0.15) is 5.75 Å². The van der Waals surface area contributed by atoms with Crippen LogP contribution >= 0.6 is 0 Å². The molecule has 0 saturated carbocycles. The summed E-state index contributed by atoms with van der Waals surface area (Å²) >= 11 is 0. The van der Waals surface area contributed by atoms with Crippen LogP contribution in [0.15, 0.2) is 30.3 Å². The summed E-state index contributed by atoms with van der Waals surface area (Å²) in [6, 6.07) is 9.34. The highest BCUT2D eigenvalue weighted by atomic mass is 16.5. The van der Waals surface area contributed by atoms with Gasteiger partial charge in [0.15, 0.2) is 0 Å². The number of hydrogen-bond acceptors (Lipinski definition) is 4. The quantitative estimate of drug-likeness (QED) is 0.917. The molecule has 136 valence electrons. The van der Waals surface area contributed by atoms with Crippen molar-refractivity contribution in [3.05, 3.63) is 52.8 Å². The van der Waals surface area contributed by atoms with E-state index in [0.29, 0.717) is 18.0 Å². The number of amides is 2. The molecular weight excluding hydrogens is 330 g/mol. The molecular formula is C20H23N3O3.